The number of carbonyl (C=O) groups is 2. The fourth-order valence-electron chi connectivity index (χ4n) is 2.85. The number of aryl methyl sites for hydroxylation is 1. The molecule has 1 fully saturated rings. The maximum Gasteiger partial charge on any atom is 0.251 e. The van der Waals surface area contributed by atoms with Crippen LogP contribution in [0.25, 0.3) is 0 Å². The molecular formula is C16H20N2O3. The zero-order chi connectivity index (χ0) is 15.0. The van der Waals surface area contributed by atoms with Crippen molar-refractivity contribution in [3.05, 3.63) is 29.3 Å². The number of amides is 2. The Labute approximate surface area is 123 Å². The fourth-order valence-corrected chi connectivity index (χ4v) is 2.85. The minimum atomic E-state index is -0.540. The molecule has 21 heavy (non-hydrogen) atoms. The second-order valence-corrected chi connectivity index (χ2v) is 6.22. The van der Waals surface area contributed by atoms with Crippen LogP contribution in [-0.4, -0.2) is 29.1 Å². The zero-order valence-corrected chi connectivity index (χ0v) is 12.1. The van der Waals surface area contributed by atoms with Gasteiger partial charge in [0.2, 0.25) is 5.91 Å². The van der Waals surface area contributed by atoms with Crippen LogP contribution < -0.4 is 10.6 Å². The maximum atomic E-state index is 12.4. The Morgan fingerprint density at radius 1 is 1.43 bits per heavy atom. The molecule has 112 valence electrons. The molecule has 1 unspecified atom stereocenters. The van der Waals surface area contributed by atoms with Crippen molar-refractivity contribution in [2.75, 3.05) is 11.9 Å². The SMILES string of the molecule is CC(CO)(NC(=O)c1ccc2c(c1)CCC(=O)N2)C1CC1. The Kier molecular flexibility index (Phi) is 3.45. The number of benzene rings is 1. The van der Waals surface area contributed by atoms with Crippen molar-refractivity contribution in [1.29, 1.82) is 0 Å². The Balaban J connectivity index is 1.77. The van der Waals surface area contributed by atoms with Gasteiger partial charge in [-0.25, -0.2) is 0 Å². The summed E-state index contributed by atoms with van der Waals surface area (Å²) in [6, 6.07) is 5.31. The summed E-state index contributed by atoms with van der Waals surface area (Å²) in [5.74, 6) is 0.211. The van der Waals surface area contributed by atoms with Crippen molar-refractivity contribution in [3.63, 3.8) is 0 Å². The standard InChI is InChI=1S/C16H20N2O3/c1-16(9-19,12-4-5-12)18-15(21)11-2-6-13-10(8-11)3-7-14(20)17-13/h2,6,8,12,19H,3-5,7,9H2,1H3,(H,17,20)(H,18,21). The zero-order valence-electron chi connectivity index (χ0n) is 12.1. The second kappa shape index (κ2) is 5.15. The quantitative estimate of drug-likeness (QED) is 0.785. The van der Waals surface area contributed by atoms with Gasteiger partial charge in [0.25, 0.3) is 5.91 Å². The second-order valence-electron chi connectivity index (χ2n) is 6.22. The van der Waals surface area contributed by atoms with Crippen LogP contribution in [0.1, 0.15) is 42.1 Å². The van der Waals surface area contributed by atoms with Crippen molar-refractivity contribution in [2.24, 2.45) is 5.92 Å². The van der Waals surface area contributed by atoms with E-state index in [9.17, 15) is 14.7 Å². The summed E-state index contributed by atoms with van der Waals surface area (Å²) in [5.41, 5.74) is 1.81. The van der Waals surface area contributed by atoms with E-state index in [1.165, 1.54) is 0 Å². The number of hydrogen-bond donors (Lipinski definition) is 3. The highest BCUT2D eigenvalue weighted by Crippen LogP contribution is 2.39. The lowest BCUT2D eigenvalue weighted by Gasteiger charge is -2.29. The summed E-state index contributed by atoms with van der Waals surface area (Å²) in [4.78, 5) is 23.7. The normalized spacial score (nSPS) is 20.2. The summed E-state index contributed by atoms with van der Waals surface area (Å²) in [6.45, 7) is 1.84. The Bertz CT molecular complexity index is 595. The summed E-state index contributed by atoms with van der Waals surface area (Å²) in [7, 11) is 0. The largest absolute Gasteiger partial charge is 0.394 e. The molecule has 0 aromatic heterocycles. The Morgan fingerprint density at radius 3 is 2.86 bits per heavy atom. The van der Waals surface area contributed by atoms with E-state index in [0.717, 1.165) is 24.1 Å². The van der Waals surface area contributed by atoms with Gasteiger partial charge in [-0.15, -0.1) is 0 Å². The molecule has 5 heteroatoms. The third-order valence-corrected chi connectivity index (χ3v) is 4.47. The van der Waals surface area contributed by atoms with Gasteiger partial charge in [-0.05, 0) is 55.9 Å². The molecule has 1 aliphatic carbocycles. The van der Waals surface area contributed by atoms with Crippen LogP contribution in [-0.2, 0) is 11.2 Å². The van der Waals surface area contributed by atoms with E-state index in [1.807, 2.05) is 13.0 Å². The number of fused-ring (bicyclic) bond motifs is 1. The van der Waals surface area contributed by atoms with Gasteiger partial charge in [-0.1, -0.05) is 0 Å². The van der Waals surface area contributed by atoms with Crippen molar-refractivity contribution in [3.8, 4) is 0 Å². The molecule has 3 N–H and O–H groups in total. The van der Waals surface area contributed by atoms with Gasteiger partial charge in [0, 0.05) is 17.7 Å². The highest BCUT2D eigenvalue weighted by Gasteiger charge is 2.42. The van der Waals surface area contributed by atoms with Crippen LogP contribution >= 0.6 is 0 Å². The summed E-state index contributed by atoms with van der Waals surface area (Å²) in [5, 5.41) is 15.3. The molecule has 0 saturated heterocycles. The Morgan fingerprint density at radius 2 is 2.19 bits per heavy atom. The molecular weight excluding hydrogens is 268 g/mol. The number of rotatable bonds is 4. The van der Waals surface area contributed by atoms with Crippen LogP contribution in [0.4, 0.5) is 5.69 Å². The van der Waals surface area contributed by atoms with Gasteiger partial charge < -0.3 is 15.7 Å². The molecule has 1 atom stereocenters. The van der Waals surface area contributed by atoms with Crippen molar-refractivity contribution in [2.45, 2.75) is 38.1 Å². The third kappa shape index (κ3) is 2.78. The number of aliphatic hydroxyl groups is 1. The molecule has 1 heterocycles. The van der Waals surface area contributed by atoms with E-state index in [0.29, 0.717) is 24.3 Å². The fraction of sp³-hybridized carbons (Fsp3) is 0.500. The van der Waals surface area contributed by atoms with Crippen molar-refractivity contribution in [1.82, 2.24) is 5.32 Å². The van der Waals surface area contributed by atoms with Crippen LogP contribution in [0.2, 0.25) is 0 Å². The van der Waals surface area contributed by atoms with Crippen LogP contribution in [0.3, 0.4) is 0 Å². The van der Waals surface area contributed by atoms with Crippen LogP contribution in [0.15, 0.2) is 18.2 Å². The lowest BCUT2D eigenvalue weighted by Crippen LogP contribution is -2.50. The molecule has 3 rings (SSSR count). The lowest BCUT2D eigenvalue weighted by molar-refractivity contribution is -0.116. The molecule has 0 bridgehead atoms. The average molecular weight is 288 g/mol. The summed E-state index contributed by atoms with van der Waals surface area (Å²) < 4.78 is 0. The van der Waals surface area contributed by atoms with E-state index in [1.54, 1.807) is 12.1 Å². The minimum absolute atomic E-state index is 0.0151. The maximum absolute atomic E-state index is 12.4. The summed E-state index contributed by atoms with van der Waals surface area (Å²) >= 11 is 0. The van der Waals surface area contributed by atoms with Gasteiger partial charge in [0.1, 0.15) is 0 Å². The van der Waals surface area contributed by atoms with Crippen molar-refractivity contribution >= 4 is 17.5 Å². The number of carbonyl (C=O) groups excluding carboxylic acids is 2. The third-order valence-electron chi connectivity index (χ3n) is 4.47. The first-order chi connectivity index (χ1) is 10.0. The van der Waals surface area contributed by atoms with Gasteiger partial charge >= 0.3 is 0 Å². The molecule has 5 nitrogen and oxygen atoms in total. The molecule has 1 aliphatic heterocycles. The van der Waals surface area contributed by atoms with Gasteiger partial charge in [0.15, 0.2) is 0 Å². The van der Waals surface area contributed by atoms with E-state index in [4.69, 9.17) is 0 Å². The predicted molar refractivity (Wildman–Crippen MR) is 79.1 cm³/mol. The number of hydrogen-bond acceptors (Lipinski definition) is 3. The summed E-state index contributed by atoms with van der Waals surface area (Å²) in [6.07, 6.45) is 3.21. The number of nitrogens with one attached hydrogen (secondary N) is 2. The van der Waals surface area contributed by atoms with E-state index < -0.39 is 5.54 Å². The molecule has 2 amide bonds. The van der Waals surface area contributed by atoms with Gasteiger partial charge in [-0.2, -0.15) is 0 Å². The molecule has 1 aromatic rings. The van der Waals surface area contributed by atoms with E-state index in [2.05, 4.69) is 10.6 Å². The van der Waals surface area contributed by atoms with Crippen LogP contribution in [0, 0.1) is 5.92 Å². The number of anilines is 1. The topological polar surface area (TPSA) is 78.4 Å². The lowest BCUT2D eigenvalue weighted by atomic mass is 9.95. The first-order valence-corrected chi connectivity index (χ1v) is 7.38. The van der Waals surface area contributed by atoms with E-state index in [-0.39, 0.29) is 18.4 Å². The minimum Gasteiger partial charge on any atom is -0.394 e. The molecule has 0 radical (unpaired) electrons. The predicted octanol–water partition coefficient (Wildman–Crippen LogP) is 1.46. The number of aliphatic hydroxyl groups excluding tert-OH is 1. The van der Waals surface area contributed by atoms with Crippen LogP contribution in [0.5, 0.6) is 0 Å². The first kappa shape index (κ1) is 14.1. The Hall–Kier alpha value is -1.88. The highest BCUT2D eigenvalue weighted by atomic mass is 16.3. The molecule has 2 aliphatic rings. The molecule has 0 spiro atoms. The molecule has 1 aromatic carbocycles. The van der Waals surface area contributed by atoms with Gasteiger partial charge in [0.05, 0.1) is 12.1 Å². The average Bonchev–Trinajstić information content (AvgIpc) is 3.31. The highest BCUT2D eigenvalue weighted by molar-refractivity contribution is 5.98. The van der Waals surface area contributed by atoms with Gasteiger partial charge in [-0.3, -0.25) is 9.59 Å². The van der Waals surface area contributed by atoms with E-state index >= 15 is 0 Å². The smallest absolute Gasteiger partial charge is 0.251 e. The monoisotopic (exact) mass is 288 g/mol. The van der Waals surface area contributed by atoms with Crippen molar-refractivity contribution < 1.29 is 14.7 Å². The molecule has 1 saturated carbocycles. The first-order valence-electron chi connectivity index (χ1n) is 7.38.